The van der Waals surface area contributed by atoms with Gasteiger partial charge in [-0.25, -0.2) is 9.03 Å². The number of nitrogens with zero attached hydrogens (tertiary/aromatic N) is 1. The summed E-state index contributed by atoms with van der Waals surface area (Å²) in [5, 5.41) is 21.1. The molecule has 0 saturated heterocycles. The third-order valence-electron chi connectivity index (χ3n) is 4.06. The molecule has 1 heterocycles. The van der Waals surface area contributed by atoms with Crippen molar-refractivity contribution in [2.45, 2.75) is 19.8 Å². The number of ether oxygens (including phenoxy) is 1. The van der Waals surface area contributed by atoms with Crippen LogP contribution in [0.3, 0.4) is 0 Å². The number of aliphatic hydroxyl groups is 1. The number of allylic oxidation sites excluding steroid dienone is 1. The van der Waals surface area contributed by atoms with Crippen LogP contribution in [0.1, 0.15) is 25.3 Å². The fraction of sp³-hybridized carbons (Fsp3) is 0.211. The van der Waals surface area contributed by atoms with Crippen LogP contribution in [0.2, 0.25) is 0 Å². The second kappa shape index (κ2) is 7.81. The number of carbonyl (C=O) groups excluding carboxylic acids is 1. The number of benzene rings is 2. The Morgan fingerprint density at radius 3 is 2.68 bits per heavy atom. The topological polar surface area (TPSA) is 116 Å². The average Bonchev–Trinajstić information content (AvgIpc) is 2.90. The summed E-state index contributed by atoms with van der Waals surface area (Å²) in [6.45, 7) is 2.12. The van der Waals surface area contributed by atoms with Crippen LogP contribution >= 0.6 is 0 Å². The van der Waals surface area contributed by atoms with Gasteiger partial charge in [0.25, 0.3) is 0 Å². The Kier molecular flexibility index (Phi) is 5.46. The molecule has 0 saturated carbocycles. The first-order chi connectivity index (χ1) is 13.3. The van der Waals surface area contributed by atoms with Gasteiger partial charge in [-0.3, -0.25) is 4.79 Å². The average molecular weight is 404 g/mol. The van der Waals surface area contributed by atoms with Gasteiger partial charge >= 0.3 is 16.2 Å². The Balaban J connectivity index is 1.85. The smallest absolute Gasteiger partial charge is 0.330 e. The number of hydrogen-bond acceptors (Lipinski definition) is 6. The molecular weight excluding hydrogens is 384 g/mol. The maximum absolute atomic E-state index is 12.0. The van der Waals surface area contributed by atoms with E-state index in [-0.39, 0.29) is 17.4 Å². The molecule has 9 heteroatoms. The lowest BCUT2D eigenvalue weighted by Crippen LogP contribution is -2.29. The minimum Gasteiger partial charge on any atom is -0.506 e. The minimum atomic E-state index is -4.00. The predicted octanol–water partition coefficient (Wildman–Crippen LogP) is 2.91. The molecule has 0 spiro atoms. The summed E-state index contributed by atoms with van der Waals surface area (Å²) in [5.74, 6) is -1.01. The van der Waals surface area contributed by atoms with Gasteiger partial charge in [-0.2, -0.15) is 8.42 Å². The number of hydrogen-bond donors (Lipinski definition) is 3. The zero-order valence-corrected chi connectivity index (χ0v) is 15.9. The number of esters is 1. The Morgan fingerprint density at radius 2 is 2.00 bits per heavy atom. The summed E-state index contributed by atoms with van der Waals surface area (Å²) in [7, 11) is -4.00. The van der Waals surface area contributed by atoms with Crippen molar-refractivity contribution >= 4 is 38.7 Å². The molecule has 3 rings (SSSR count). The van der Waals surface area contributed by atoms with E-state index in [9.17, 15) is 23.4 Å². The van der Waals surface area contributed by atoms with Crippen molar-refractivity contribution in [1.29, 1.82) is 0 Å². The third-order valence-corrected chi connectivity index (χ3v) is 5.35. The number of fused-ring (bicyclic) bond motifs is 1. The Morgan fingerprint density at radius 1 is 1.21 bits per heavy atom. The van der Waals surface area contributed by atoms with Gasteiger partial charge in [0, 0.05) is 6.42 Å². The van der Waals surface area contributed by atoms with Gasteiger partial charge in [0.1, 0.15) is 11.4 Å². The molecule has 0 aromatic heterocycles. The van der Waals surface area contributed by atoms with Gasteiger partial charge in [-0.15, -0.1) is 0 Å². The van der Waals surface area contributed by atoms with E-state index >= 15 is 0 Å². The van der Waals surface area contributed by atoms with Crippen molar-refractivity contribution in [3.63, 3.8) is 0 Å². The fourth-order valence-corrected chi connectivity index (χ4v) is 3.87. The molecule has 2 aromatic rings. The standard InChI is InChI=1S/C19H20N2O6S/c1-2-27-19(24)6-4-3-5-13-7-8-14-11-17(22)16(10-15(14)9-13)21-12-18(23)20-28(21,25)26/h3,5,7-12,20,22-23H,2,4,6H2,1H3. The molecular formula is C19H20N2O6S. The van der Waals surface area contributed by atoms with Crippen LogP contribution in [0.5, 0.6) is 5.75 Å². The number of aromatic hydroxyl groups is 1. The Hall–Kier alpha value is -3.20. The first-order valence-electron chi connectivity index (χ1n) is 8.62. The Labute approximate surface area is 162 Å². The van der Waals surface area contributed by atoms with E-state index in [0.717, 1.165) is 21.5 Å². The number of nitrogens with one attached hydrogen (secondary N) is 1. The number of rotatable bonds is 6. The van der Waals surface area contributed by atoms with Crippen LogP contribution in [0.4, 0.5) is 5.69 Å². The second-order valence-corrected chi connectivity index (χ2v) is 7.66. The van der Waals surface area contributed by atoms with E-state index < -0.39 is 16.1 Å². The van der Waals surface area contributed by atoms with E-state index in [1.165, 1.54) is 12.1 Å². The monoisotopic (exact) mass is 404 g/mol. The molecule has 0 bridgehead atoms. The first kappa shape index (κ1) is 19.6. The van der Waals surface area contributed by atoms with Crippen LogP contribution in [0.15, 0.2) is 48.5 Å². The molecule has 148 valence electrons. The Bertz CT molecular complexity index is 1080. The van der Waals surface area contributed by atoms with E-state index in [4.69, 9.17) is 4.74 Å². The number of phenols is 1. The number of aliphatic hydroxyl groups excluding tert-OH is 1. The summed E-state index contributed by atoms with van der Waals surface area (Å²) in [6, 6.07) is 8.46. The molecule has 28 heavy (non-hydrogen) atoms. The zero-order valence-electron chi connectivity index (χ0n) is 15.1. The summed E-state index contributed by atoms with van der Waals surface area (Å²) < 4.78 is 31.7. The molecule has 0 fully saturated rings. The highest BCUT2D eigenvalue weighted by molar-refractivity contribution is 7.91. The highest BCUT2D eigenvalue weighted by Gasteiger charge is 2.30. The van der Waals surface area contributed by atoms with Gasteiger partial charge < -0.3 is 14.9 Å². The molecule has 0 atom stereocenters. The lowest BCUT2D eigenvalue weighted by atomic mass is 10.0. The quantitative estimate of drug-likeness (QED) is 0.638. The lowest BCUT2D eigenvalue weighted by Gasteiger charge is -2.16. The van der Waals surface area contributed by atoms with Crippen molar-refractivity contribution in [3.8, 4) is 5.75 Å². The molecule has 3 N–H and O–H groups in total. The summed E-state index contributed by atoms with van der Waals surface area (Å²) in [5.41, 5.74) is 0.876. The van der Waals surface area contributed by atoms with E-state index in [2.05, 4.69) is 0 Å². The largest absolute Gasteiger partial charge is 0.506 e. The maximum Gasteiger partial charge on any atom is 0.330 e. The van der Waals surface area contributed by atoms with E-state index in [0.29, 0.717) is 24.8 Å². The number of phenolic OH excluding ortho intramolecular Hbond substituents is 1. The molecule has 0 radical (unpaired) electrons. The van der Waals surface area contributed by atoms with Gasteiger partial charge in [-0.1, -0.05) is 24.3 Å². The molecule has 1 aliphatic heterocycles. The van der Waals surface area contributed by atoms with Crippen molar-refractivity contribution in [1.82, 2.24) is 4.72 Å². The second-order valence-electron chi connectivity index (χ2n) is 6.11. The van der Waals surface area contributed by atoms with E-state index in [1.54, 1.807) is 13.0 Å². The fourth-order valence-electron chi connectivity index (χ4n) is 2.81. The highest BCUT2D eigenvalue weighted by atomic mass is 32.2. The number of anilines is 1. The van der Waals surface area contributed by atoms with Crippen molar-refractivity contribution in [2.75, 3.05) is 10.9 Å². The van der Waals surface area contributed by atoms with Gasteiger partial charge in [0.15, 0.2) is 0 Å². The summed E-state index contributed by atoms with van der Waals surface area (Å²) in [6.07, 6.45) is 5.53. The predicted molar refractivity (Wildman–Crippen MR) is 106 cm³/mol. The van der Waals surface area contributed by atoms with Crippen LogP contribution in [-0.4, -0.2) is 31.2 Å². The molecule has 8 nitrogen and oxygen atoms in total. The van der Waals surface area contributed by atoms with Gasteiger partial charge in [-0.05, 0) is 47.9 Å². The summed E-state index contributed by atoms with van der Waals surface area (Å²) >= 11 is 0. The lowest BCUT2D eigenvalue weighted by molar-refractivity contribution is -0.142. The highest BCUT2D eigenvalue weighted by Crippen LogP contribution is 2.35. The molecule has 0 unspecified atom stereocenters. The van der Waals surface area contributed by atoms with Crippen LogP contribution in [0.25, 0.3) is 16.8 Å². The molecule has 0 aliphatic carbocycles. The van der Waals surface area contributed by atoms with Crippen molar-refractivity contribution in [2.24, 2.45) is 0 Å². The first-order valence-corrected chi connectivity index (χ1v) is 10.1. The van der Waals surface area contributed by atoms with Crippen LogP contribution in [-0.2, 0) is 19.7 Å². The zero-order chi connectivity index (χ0) is 20.3. The number of carbonyl (C=O) groups is 1. The van der Waals surface area contributed by atoms with Gasteiger partial charge in [0.05, 0.1) is 12.8 Å². The third kappa shape index (κ3) is 4.20. The van der Waals surface area contributed by atoms with Crippen molar-refractivity contribution < 1.29 is 28.2 Å². The maximum atomic E-state index is 12.0. The summed E-state index contributed by atoms with van der Waals surface area (Å²) in [4.78, 5) is 11.3. The van der Waals surface area contributed by atoms with Crippen LogP contribution < -0.4 is 9.03 Å². The van der Waals surface area contributed by atoms with Crippen molar-refractivity contribution in [3.05, 3.63) is 54.1 Å². The minimum absolute atomic E-state index is 0.0208. The molecule has 1 aliphatic rings. The van der Waals surface area contributed by atoms with E-state index in [1.807, 2.05) is 29.0 Å². The molecule has 2 aromatic carbocycles. The normalized spacial score (nSPS) is 15.6. The van der Waals surface area contributed by atoms with Crippen LogP contribution in [0, 0.1) is 0 Å². The van der Waals surface area contributed by atoms with Gasteiger partial charge in [0.2, 0.25) is 5.88 Å². The molecule has 0 amide bonds. The SMILES string of the molecule is CCOC(=O)CCC=Cc1ccc2cc(O)c(N3C=C(O)NS3(=O)=O)cc2c1.